The van der Waals surface area contributed by atoms with Crippen LogP contribution in [0.4, 0.5) is 4.79 Å². The Bertz CT molecular complexity index is 1100. The van der Waals surface area contributed by atoms with Crippen molar-refractivity contribution in [3.05, 3.63) is 108 Å². The Hall–Kier alpha value is -3.15. The Morgan fingerprint density at radius 1 is 0.879 bits per heavy atom. The minimum Gasteiger partial charge on any atom is -0.439 e. The van der Waals surface area contributed by atoms with Gasteiger partial charge in [0.05, 0.1) is 19.8 Å². The maximum Gasteiger partial charge on any atom is 0.411 e. The molecule has 2 aliphatic heterocycles. The second kappa shape index (κ2) is 8.32. The van der Waals surface area contributed by atoms with E-state index in [2.05, 4.69) is 24.3 Å². The fourth-order valence-corrected chi connectivity index (χ4v) is 5.41. The lowest BCUT2D eigenvalue weighted by molar-refractivity contribution is -0.0609. The minimum atomic E-state index is -0.344. The SMILES string of the molecule is O=C1O[C@@H](c2ccccc2)[C@@H](c2ccccc2)N1[C@@H]1C[C@]2(CO2)[C@H]1COCc1ccccc1. The molecule has 0 radical (unpaired) electrons. The van der Waals surface area contributed by atoms with Crippen molar-refractivity contribution in [1.82, 2.24) is 4.90 Å². The molecule has 1 aliphatic carbocycles. The molecule has 0 N–H and O–H groups in total. The molecule has 3 aromatic rings. The van der Waals surface area contributed by atoms with Crippen molar-refractivity contribution in [3.8, 4) is 0 Å². The highest BCUT2D eigenvalue weighted by Crippen LogP contribution is 2.57. The average Bonchev–Trinajstić information content (AvgIpc) is 3.61. The summed E-state index contributed by atoms with van der Waals surface area (Å²) in [6.07, 6.45) is 0.224. The number of cyclic esters (lactones) is 1. The molecule has 2 saturated heterocycles. The molecule has 0 bridgehead atoms. The molecule has 168 valence electrons. The zero-order chi connectivity index (χ0) is 22.3. The lowest BCUT2D eigenvalue weighted by atomic mass is 9.68. The van der Waals surface area contributed by atoms with Crippen LogP contribution >= 0.6 is 0 Å². The van der Waals surface area contributed by atoms with Crippen LogP contribution < -0.4 is 0 Å². The molecule has 3 aliphatic rings. The van der Waals surface area contributed by atoms with Gasteiger partial charge in [0.15, 0.2) is 6.10 Å². The van der Waals surface area contributed by atoms with E-state index in [0.29, 0.717) is 13.2 Å². The van der Waals surface area contributed by atoms with Crippen LogP contribution in [0.2, 0.25) is 0 Å². The standard InChI is InChI=1S/C28H27NO4/c30-27-29(24-16-28(19-32-28)23(24)18-31-17-20-10-4-1-5-11-20)25(21-12-6-2-7-13-21)26(33-27)22-14-8-3-9-15-22/h1-15,23-26H,16-19H2/t23-,24+,25+,26-,28-/m0/s1. The molecule has 3 aromatic carbocycles. The molecule has 3 fully saturated rings. The van der Waals surface area contributed by atoms with Gasteiger partial charge >= 0.3 is 6.09 Å². The predicted octanol–water partition coefficient (Wildman–Crippen LogP) is 5.30. The van der Waals surface area contributed by atoms with Gasteiger partial charge in [-0.2, -0.15) is 0 Å². The molecule has 6 rings (SSSR count). The van der Waals surface area contributed by atoms with Crippen molar-refractivity contribution in [2.24, 2.45) is 5.92 Å². The summed E-state index contributed by atoms with van der Waals surface area (Å²) in [6.45, 7) is 1.85. The monoisotopic (exact) mass is 441 g/mol. The molecule has 2 heterocycles. The Labute approximate surface area is 193 Å². The van der Waals surface area contributed by atoms with Crippen LogP contribution in [-0.4, -0.2) is 35.8 Å². The number of epoxide rings is 1. The lowest BCUT2D eigenvalue weighted by Gasteiger charge is -2.48. The molecule has 1 saturated carbocycles. The van der Waals surface area contributed by atoms with Gasteiger partial charge in [-0.3, -0.25) is 4.90 Å². The van der Waals surface area contributed by atoms with Gasteiger partial charge in [0, 0.05) is 18.4 Å². The summed E-state index contributed by atoms with van der Waals surface area (Å²) in [7, 11) is 0. The number of ether oxygens (including phenoxy) is 3. The summed E-state index contributed by atoms with van der Waals surface area (Å²) < 4.78 is 18.0. The van der Waals surface area contributed by atoms with E-state index in [4.69, 9.17) is 14.2 Å². The topological polar surface area (TPSA) is 51.3 Å². The molecular weight excluding hydrogens is 414 g/mol. The van der Waals surface area contributed by atoms with Gasteiger partial charge in [-0.15, -0.1) is 0 Å². The van der Waals surface area contributed by atoms with Gasteiger partial charge in [-0.05, 0) is 16.7 Å². The number of amides is 1. The molecule has 0 unspecified atom stereocenters. The van der Waals surface area contributed by atoms with Gasteiger partial charge in [0.25, 0.3) is 0 Å². The highest BCUT2D eigenvalue weighted by atomic mass is 16.6. The molecule has 1 spiro atoms. The quantitative estimate of drug-likeness (QED) is 0.467. The fraction of sp³-hybridized carbons (Fsp3) is 0.321. The highest BCUT2D eigenvalue weighted by molar-refractivity contribution is 5.72. The number of carbonyl (C=O) groups excluding carboxylic acids is 1. The van der Waals surface area contributed by atoms with Crippen LogP contribution in [-0.2, 0) is 20.8 Å². The van der Waals surface area contributed by atoms with E-state index < -0.39 is 0 Å². The van der Waals surface area contributed by atoms with Gasteiger partial charge in [0.1, 0.15) is 11.6 Å². The summed E-state index contributed by atoms with van der Waals surface area (Å²) in [6, 6.07) is 30.2. The zero-order valence-electron chi connectivity index (χ0n) is 18.4. The molecule has 5 heteroatoms. The second-order valence-corrected chi connectivity index (χ2v) is 9.21. The van der Waals surface area contributed by atoms with Crippen molar-refractivity contribution in [1.29, 1.82) is 0 Å². The smallest absolute Gasteiger partial charge is 0.411 e. The Kier molecular flexibility index (Phi) is 5.16. The first-order valence-corrected chi connectivity index (χ1v) is 11.6. The normalized spacial score (nSPS) is 30.2. The Morgan fingerprint density at radius 3 is 2.12 bits per heavy atom. The van der Waals surface area contributed by atoms with E-state index in [0.717, 1.165) is 29.7 Å². The summed E-state index contributed by atoms with van der Waals surface area (Å²) >= 11 is 0. The van der Waals surface area contributed by atoms with Crippen molar-refractivity contribution in [2.75, 3.05) is 13.2 Å². The summed E-state index contributed by atoms with van der Waals surface area (Å²) in [5, 5.41) is 0. The van der Waals surface area contributed by atoms with E-state index in [9.17, 15) is 4.79 Å². The second-order valence-electron chi connectivity index (χ2n) is 9.21. The Balaban J connectivity index is 1.26. The van der Waals surface area contributed by atoms with Gasteiger partial charge in [-0.1, -0.05) is 91.0 Å². The number of rotatable bonds is 7. The van der Waals surface area contributed by atoms with E-state index in [1.165, 1.54) is 0 Å². The molecule has 5 nitrogen and oxygen atoms in total. The minimum absolute atomic E-state index is 0.0229. The van der Waals surface area contributed by atoms with Crippen LogP contribution in [0.25, 0.3) is 0 Å². The van der Waals surface area contributed by atoms with Gasteiger partial charge < -0.3 is 14.2 Å². The largest absolute Gasteiger partial charge is 0.439 e. The van der Waals surface area contributed by atoms with Crippen LogP contribution in [0.1, 0.15) is 35.3 Å². The maximum atomic E-state index is 13.3. The number of hydrogen-bond acceptors (Lipinski definition) is 4. The van der Waals surface area contributed by atoms with E-state index in [1.54, 1.807) is 0 Å². The van der Waals surface area contributed by atoms with Gasteiger partial charge in [0.2, 0.25) is 0 Å². The molecule has 5 atom stereocenters. The molecule has 33 heavy (non-hydrogen) atoms. The summed E-state index contributed by atoms with van der Waals surface area (Å²) in [5.41, 5.74) is 3.09. The van der Waals surface area contributed by atoms with E-state index >= 15 is 0 Å². The van der Waals surface area contributed by atoms with Crippen LogP contribution in [0, 0.1) is 5.92 Å². The average molecular weight is 442 g/mol. The van der Waals surface area contributed by atoms with E-state index in [-0.39, 0.29) is 35.8 Å². The fourth-order valence-electron chi connectivity index (χ4n) is 5.41. The predicted molar refractivity (Wildman–Crippen MR) is 123 cm³/mol. The summed E-state index contributed by atoms with van der Waals surface area (Å²) in [4.78, 5) is 15.2. The molecular formula is C28H27NO4. The third-order valence-electron chi connectivity index (χ3n) is 7.27. The van der Waals surface area contributed by atoms with Crippen molar-refractivity contribution in [2.45, 2.75) is 36.8 Å². The molecule has 1 amide bonds. The van der Waals surface area contributed by atoms with Crippen molar-refractivity contribution < 1.29 is 19.0 Å². The number of benzene rings is 3. The third kappa shape index (κ3) is 3.71. The number of hydrogen-bond donors (Lipinski definition) is 0. The number of nitrogens with zero attached hydrogens (tertiary/aromatic N) is 1. The first kappa shape index (κ1) is 20.5. The Morgan fingerprint density at radius 2 is 1.48 bits per heavy atom. The third-order valence-corrected chi connectivity index (χ3v) is 7.27. The first-order chi connectivity index (χ1) is 16.3. The number of carbonyl (C=O) groups is 1. The van der Waals surface area contributed by atoms with Gasteiger partial charge in [-0.25, -0.2) is 4.79 Å². The van der Waals surface area contributed by atoms with Crippen molar-refractivity contribution in [3.63, 3.8) is 0 Å². The van der Waals surface area contributed by atoms with Crippen LogP contribution in [0.3, 0.4) is 0 Å². The van der Waals surface area contributed by atoms with Crippen LogP contribution in [0.5, 0.6) is 0 Å². The lowest BCUT2D eigenvalue weighted by Crippen LogP contribution is -2.60. The summed E-state index contributed by atoms with van der Waals surface area (Å²) in [5.74, 6) is 0.134. The van der Waals surface area contributed by atoms with E-state index in [1.807, 2.05) is 71.6 Å². The maximum absolute atomic E-state index is 13.3. The zero-order valence-corrected chi connectivity index (χ0v) is 18.4. The first-order valence-electron chi connectivity index (χ1n) is 11.6. The molecule has 0 aromatic heterocycles. The highest BCUT2D eigenvalue weighted by Gasteiger charge is 2.67. The van der Waals surface area contributed by atoms with Crippen molar-refractivity contribution >= 4 is 6.09 Å². The van der Waals surface area contributed by atoms with Crippen LogP contribution in [0.15, 0.2) is 91.0 Å².